The average Bonchev–Trinajstić information content (AvgIpc) is 2.62. The first-order valence-electron chi connectivity index (χ1n) is 8.31. The summed E-state index contributed by atoms with van der Waals surface area (Å²) in [5, 5.41) is 4.03. The first-order valence-corrected chi connectivity index (χ1v) is 8.31. The van der Waals surface area contributed by atoms with Crippen molar-refractivity contribution in [1.29, 1.82) is 0 Å². The maximum atomic E-state index is 12.5. The minimum absolute atomic E-state index is 0.114. The molecule has 132 valence electrons. The van der Waals surface area contributed by atoms with Crippen LogP contribution in [0.2, 0.25) is 0 Å². The lowest BCUT2D eigenvalue weighted by atomic mass is 10.1. The molecule has 26 heavy (non-hydrogen) atoms. The zero-order valence-electron chi connectivity index (χ0n) is 14.6. The maximum Gasteiger partial charge on any atom is 0.262 e. The van der Waals surface area contributed by atoms with Gasteiger partial charge >= 0.3 is 0 Å². The number of anilines is 1. The number of benzene rings is 2. The second kappa shape index (κ2) is 7.70. The van der Waals surface area contributed by atoms with Crippen LogP contribution in [0.15, 0.2) is 72.2 Å². The highest BCUT2D eigenvalue weighted by atomic mass is 16.5. The van der Waals surface area contributed by atoms with Gasteiger partial charge in [-0.3, -0.25) is 9.59 Å². The average molecular weight is 348 g/mol. The summed E-state index contributed by atoms with van der Waals surface area (Å²) >= 11 is 0. The summed E-state index contributed by atoms with van der Waals surface area (Å²) in [5.74, 6) is 0.248. The Kier molecular flexibility index (Phi) is 5.17. The normalized spacial score (nSPS) is 10.5. The highest BCUT2D eigenvalue weighted by Crippen LogP contribution is 2.23. The van der Waals surface area contributed by atoms with Crippen LogP contribution in [-0.2, 0) is 11.3 Å². The molecule has 5 heteroatoms. The molecule has 1 heterocycles. The van der Waals surface area contributed by atoms with Crippen molar-refractivity contribution in [2.24, 2.45) is 0 Å². The molecule has 0 aliphatic carbocycles. The Labute approximate surface area is 151 Å². The van der Waals surface area contributed by atoms with E-state index < -0.39 is 0 Å². The van der Waals surface area contributed by atoms with Crippen molar-refractivity contribution in [2.45, 2.75) is 13.5 Å². The van der Waals surface area contributed by atoms with Gasteiger partial charge < -0.3 is 14.6 Å². The molecule has 0 radical (unpaired) electrons. The number of pyridine rings is 1. The topological polar surface area (TPSA) is 60.3 Å². The molecule has 0 unspecified atom stereocenters. The highest BCUT2D eigenvalue weighted by molar-refractivity contribution is 5.93. The predicted molar refractivity (Wildman–Crippen MR) is 104 cm³/mol. The lowest BCUT2D eigenvalue weighted by Gasteiger charge is -2.11. The van der Waals surface area contributed by atoms with Crippen LogP contribution in [0, 0.1) is 6.92 Å². The lowest BCUT2D eigenvalue weighted by Crippen LogP contribution is -2.21. The Bertz CT molecular complexity index is 1020. The minimum atomic E-state index is -0.257. The number of fused-ring (bicyclic) bond motifs is 1. The fraction of sp³-hybridized carbons (Fsp3) is 0.143. The summed E-state index contributed by atoms with van der Waals surface area (Å²) in [6.45, 7) is 5.92. The second-order valence-electron chi connectivity index (χ2n) is 5.99. The van der Waals surface area contributed by atoms with Gasteiger partial charge in [-0.15, -0.1) is 6.58 Å². The first kappa shape index (κ1) is 17.5. The van der Waals surface area contributed by atoms with Crippen LogP contribution in [0.25, 0.3) is 10.8 Å². The van der Waals surface area contributed by atoms with Gasteiger partial charge in [0.2, 0.25) is 0 Å². The lowest BCUT2D eigenvalue weighted by molar-refractivity contribution is -0.118. The number of hydrogen-bond donors (Lipinski definition) is 1. The van der Waals surface area contributed by atoms with Gasteiger partial charge in [0.25, 0.3) is 11.5 Å². The van der Waals surface area contributed by atoms with Crippen molar-refractivity contribution >= 4 is 22.4 Å². The molecule has 0 aliphatic heterocycles. The number of rotatable bonds is 6. The van der Waals surface area contributed by atoms with E-state index in [1.807, 2.05) is 37.3 Å². The number of amides is 1. The third-order valence-electron chi connectivity index (χ3n) is 3.96. The Morgan fingerprint density at radius 3 is 2.77 bits per heavy atom. The molecule has 1 amide bonds. The van der Waals surface area contributed by atoms with Gasteiger partial charge in [-0.25, -0.2) is 0 Å². The fourth-order valence-electron chi connectivity index (χ4n) is 2.76. The van der Waals surface area contributed by atoms with Crippen LogP contribution >= 0.6 is 0 Å². The Balaban J connectivity index is 1.76. The van der Waals surface area contributed by atoms with E-state index in [9.17, 15) is 9.59 Å². The van der Waals surface area contributed by atoms with Gasteiger partial charge in [0.1, 0.15) is 5.75 Å². The standard InChI is InChI=1S/C21H20N2O3/c1-3-11-23-12-10-17-18(21(23)25)8-5-9-19(17)26-14-20(24)22-16-7-4-6-15(2)13-16/h3-10,12-13H,1,11,14H2,2H3,(H,22,24). The Morgan fingerprint density at radius 1 is 1.19 bits per heavy atom. The van der Waals surface area contributed by atoms with Crippen molar-refractivity contribution in [3.63, 3.8) is 0 Å². The zero-order chi connectivity index (χ0) is 18.5. The van der Waals surface area contributed by atoms with Crippen molar-refractivity contribution < 1.29 is 9.53 Å². The molecule has 0 atom stereocenters. The summed E-state index contributed by atoms with van der Waals surface area (Å²) in [6.07, 6.45) is 3.37. The van der Waals surface area contributed by atoms with Gasteiger partial charge in [0.15, 0.2) is 6.61 Å². The minimum Gasteiger partial charge on any atom is -0.483 e. The van der Waals surface area contributed by atoms with Crippen LogP contribution in [0.3, 0.4) is 0 Å². The number of carbonyl (C=O) groups is 1. The molecular weight excluding hydrogens is 328 g/mol. The largest absolute Gasteiger partial charge is 0.483 e. The number of ether oxygens (including phenoxy) is 1. The third kappa shape index (κ3) is 3.83. The molecule has 3 rings (SSSR count). The fourth-order valence-corrected chi connectivity index (χ4v) is 2.76. The van der Waals surface area contributed by atoms with E-state index >= 15 is 0 Å². The van der Waals surface area contributed by atoms with E-state index in [0.717, 1.165) is 11.3 Å². The van der Waals surface area contributed by atoms with Crippen LogP contribution < -0.4 is 15.6 Å². The summed E-state index contributed by atoms with van der Waals surface area (Å²) in [4.78, 5) is 24.6. The molecule has 3 aromatic rings. The Morgan fingerprint density at radius 2 is 2.00 bits per heavy atom. The van der Waals surface area contributed by atoms with Gasteiger partial charge in [-0.2, -0.15) is 0 Å². The molecule has 1 aromatic heterocycles. The van der Waals surface area contributed by atoms with E-state index in [1.165, 1.54) is 0 Å². The summed E-state index contributed by atoms with van der Waals surface area (Å²) in [7, 11) is 0. The number of aryl methyl sites for hydroxylation is 1. The van der Waals surface area contributed by atoms with Crippen molar-refractivity contribution in [3.05, 3.63) is 83.3 Å². The van der Waals surface area contributed by atoms with E-state index in [4.69, 9.17) is 4.74 Å². The number of allylic oxidation sites excluding steroid dienone is 1. The molecule has 0 saturated carbocycles. The number of nitrogens with zero attached hydrogens (tertiary/aromatic N) is 1. The highest BCUT2D eigenvalue weighted by Gasteiger charge is 2.09. The van der Waals surface area contributed by atoms with Crippen molar-refractivity contribution in [1.82, 2.24) is 4.57 Å². The third-order valence-corrected chi connectivity index (χ3v) is 3.96. The van der Waals surface area contributed by atoms with Crippen molar-refractivity contribution in [3.8, 4) is 5.75 Å². The van der Waals surface area contributed by atoms with Gasteiger partial charge in [-0.1, -0.05) is 24.3 Å². The van der Waals surface area contributed by atoms with Gasteiger partial charge in [-0.05, 0) is 42.8 Å². The van der Waals surface area contributed by atoms with Gasteiger partial charge in [0.05, 0.1) is 5.39 Å². The van der Waals surface area contributed by atoms with Crippen LogP contribution in [-0.4, -0.2) is 17.1 Å². The van der Waals surface area contributed by atoms with Gasteiger partial charge in [0, 0.05) is 23.8 Å². The van der Waals surface area contributed by atoms with E-state index in [1.54, 1.807) is 35.0 Å². The number of hydrogen-bond acceptors (Lipinski definition) is 3. The molecule has 2 aromatic carbocycles. The first-order chi connectivity index (χ1) is 12.6. The molecule has 0 spiro atoms. The molecular formula is C21H20N2O3. The van der Waals surface area contributed by atoms with Crippen molar-refractivity contribution in [2.75, 3.05) is 11.9 Å². The molecule has 5 nitrogen and oxygen atoms in total. The van der Waals surface area contributed by atoms with E-state index in [2.05, 4.69) is 11.9 Å². The zero-order valence-corrected chi connectivity index (χ0v) is 14.6. The molecule has 0 saturated heterocycles. The SMILES string of the molecule is C=CCn1ccc2c(OCC(=O)Nc3cccc(C)c3)cccc2c1=O. The van der Waals surface area contributed by atoms with Crippen LogP contribution in [0.5, 0.6) is 5.75 Å². The second-order valence-corrected chi connectivity index (χ2v) is 5.99. The maximum absolute atomic E-state index is 12.5. The van der Waals surface area contributed by atoms with Crippen LogP contribution in [0.4, 0.5) is 5.69 Å². The summed E-state index contributed by atoms with van der Waals surface area (Å²) in [5.41, 5.74) is 1.68. The molecule has 0 fully saturated rings. The smallest absolute Gasteiger partial charge is 0.262 e. The number of aromatic nitrogens is 1. The quantitative estimate of drug-likeness (QED) is 0.694. The monoisotopic (exact) mass is 348 g/mol. The van der Waals surface area contributed by atoms with E-state index in [-0.39, 0.29) is 18.1 Å². The summed E-state index contributed by atoms with van der Waals surface area (Å²) < 4.78 is 7.23. The summed E-state index contributed by atoms with van der Waals surface area (Å²) in [6, 6.07) is 14.6. The predicted octanol–water partition coefficient (Wildman–Crippen LogP) is 3.51. The molecule has 0 aliphatic rings. The number of nitrogens with one attached hydrogen (secondary N) is 1. The number of carbonyl (C=O) groups excluding carboxylic acids is 1. The molecule has 0 bridgehead atoms. The van der Waals surface area contributed by atoms with E-state index in [0.29, 0.717) is 23.1 Å². The molecule has 1 N–H and O–H groups in total. The Hall–Kier alpha value is -3.34. The van der Waals surface area contributed by atoms with Crippen LogP contribution in [0.1, 0.15) is 5.56 Å².